The molecule has 1 amide bonds. The maximum atomic E-state index is 12.1. The van der Waals surface area contributed by atoms with Crippen LogP contribution in [-0.2, 0) is 14.3 Å². The molecule has 0 aliphatic heterocycles. The minimum absolute atomic E-state index is 0.0398. The number of amides is 1. The predicted octanol–water partition coefficient (Wildman–Crippen LogP) is 1.35. The average Bonchev–Trinajstić information content (AvgIpc) is 2.26. The molecule has 5 nitrogen and oxygen atoms in total. The summed E-state index contributed by atoms with van der Waals surface area (Å²) in [6.07, 6.45) is 3.92. The van der Waals surface area contributed by atoms with Crippen molar-refractivity contribution in [3.05, 3.63) is 0 Å². The first kappa shape index (κ1) is 16.0. The Morgan fingerprint density at radius 1 is 1.42 bits per heavy atom. The Balaban J connectivity index is 2.33. The highest BCUT2D eigenvalue weighted by atomic mass is 16.5. The van der Waals surface area contributed by atoms with Gasteiger partial charge in [0.1, 0.15) is 0 Å². The number of carbonyl (C=O) groups excluding carboxylic acids is 2. The summed E-state index contributed by atoms with van der Waals surface area (Å²) < 4.78 is 5.00. The van der Waals surface area contributed by atoms with Gasteiger partial charge < -0.3 is 15.8 Å². The largest absolute Gasteiger partial charge is 0.463 e. The molecule has 1 saturated carbocycles. The monoisotopic (exact) mass is 270 g/mol. The zero-order valence-electron chi connectivity index (χ0n) is 12.2. The van der Waals surface area contributed by atoms with Crippen LogP contribution >= 0.6 is 0 Å². The molecule has 0 aromatic heterocycles. The lowest BCUT2D eigenvalue weighted by Gasteiger charge is -2.37. The van der Waals surface area contributed by atoms with E-state index in [4.69, 9.17) is 10.5 Å². The van der Waals surface area contributed by atoms with Crippen molar-refractivity contribution < 1.29 is 14.3 Å². The van der Waals surface area contributed by atoms with Crippen molar-refractivity contribution in [1.29, 1.82) is 0 Å². The highest BCUT2D eigenvalue weighted by Gasteiger charge is 2.37. The first-order chi connectivity index (χ1) is 8.83. The molecule has 3 N–H and O–H groups in total. The van der Waals surface area contributed by atoms with Gasteiger partial charge >= 0.3 is 5.97 Å². The summed E-state index contributed by atoms with van der Waals surface area (Å²) >= 11 is 0. The minimum atomic E-state index is -0.430. The third-order valence-corrected chi connectivity index (χ3v) is 3.57. The Morgan fingerprint density at radius 3 is 2.68 bits per heavy atom. The molecule has 0 heterocycles. The maximum Gasteiger partial charge on any atom is 0.307 e. The topological polar surface area (TPSA) is 81.4 Å². The highest BCUT2D eigenvalue weighted by Crippen LogP contribution is 2.31. The molecule has 2 atom stereocenters. The van der Waals surface area contributed by atoms with E-state index < -0.39 is 5.54 Å². The van der Waals surface area contributed by atoms with Gasteiger partial charge in [-0.15, -0.1) is 0 Å². The van der Waals surface area contributed by atoms with E-state index in [1.807, 2.05) is 6.92 Å². The second kappa shape index (κ2) is 6.89. The van der Waals surface area contributed by atoms with Gasteiger partial charge in [0.25, 0.3) is 0 Å². The van der Waals surface area contributed by atoms with Gasteiger partial charge in [0.05, 0.1) is 18.4 Å². The number of carbonyl (C=O) groups is 2. The summed E-state index contributed by atoms with van der Waals surface area (Å²) in [7, 11) is 0. The summed E-state index contributed by atoms with van der Waals surface area (Å²) in [6.45, 7) is 5.86. The first-order valence-electron chi connectivity index (χ1n) is 7.09. The van der Waals surface area contributed by atoms with Crippen LogP contribution in [0.15, 0.2) is 0 Å². The molecule has 0 spiro atoms. The van der Waals surface area contributed by atoms with Crippen LogP contribution in [0.4, 0.5) is 0 Å². The van der Waals surface area contributed by atoms with Gasteiger partial charge in [-0.2, -0.15) is 0 Å². The van der Waals surface area contributed by atoms with Gasteiger partial charge in [0.2, 0.25) is 5.91 Å². The highest BCUT2D eigenvalue weighted by molar-refractivity contribution is 5.80. The quantitative estimate of drug-likeness (QED) is 0.739. The van der Waals surface area contributed by atoms with Crippen LogP contribution in [-0.4, -0.2) is 30.1 Å². The molecule has 5 heteroatoms. The van der Waals surface area contributed by atoms with E-state index >= 15 is 0 Å². The maximum absolute atomic E-state index is 12.1. The van der Waals surface area contributed by atoms with Crippen LogP contribution in [0.1, 0.15) is 52.9 Å². The van der Waals surface area contributed by atoms with Gasteiger partial charge in [0.15, 0.2) is 0 Å². The Kier molecular flexibility index (Phi) is 5.79. The van der Waals surface area contributed by atoms with Crippen molar-refractivity contribution in [2.24, 2.45) is 11.7 Å². The fourth-order valence-electron chi connectivity index (χ4n) is 2.52. The van der Waals surface area contributed by atoms with Gasteiger partial charge in [0, 0.05) is 12.1 Å². The van der Waals surface area contributed by atoms with Crippen LogP contribution in [0.2, 0.25) is 0 Å². The third-order valence-electron chi connectivity index (χ3n) is 3.57. The zero-order chi connectivity index (χ0) is 14.5. The van der Waals surface area contributed by atoms with Crippen LogP contribution in [0.3, 0.4) is 0 Å². The SMILES string of the molecule is CC(C)OC(=O)CCNC(=O)C1CCCCC1(C)N. The normalized spacial score (nSPS) is 27.1. The van der Waals surface area contributed by atoms with E-state index in [0.29, 0.717) is 6.54 Å². The predicted molar refractivity (Wildman–Crippen MR) is 73.4 cm³/mol. The van der Waals surface area contributed by atoms with Crippen LogP contribution in [0.5, 0.6) is 0 Å². The van der Waals surface area contributed by atoms with E-state index in [1.165, 1.54) is 0 Å². The fourth-order valence-corrected chi connectivity index (χ4v) is 2.52. The van der Waals surface area contributed by atoms with Crippen molar-refractivity contribution in [1.82, 2.24) is 5.32 Å². The third kappa shape index (κ3) is 5.19. The minimum Gasteiger partial charge on any atom is -0.463 e. The molecule has 0 aromatic rings. The Labute approximate surface area is 115 Å². The van der Waals surface area contributed by atoms with E-state index in [-0.39, 0.29) is 30.3 Å². The van der Waals surface area contributed by atoms with Crippen LogP contribution in [0, 0.1) is 5.92 Å². The molecule has 19 heavy (non-hydrogen) atoms. The Morgan fingerprint density at radius 2 is 2.11 bits per heavy atom. The average molecular weight is 270 g/mol. The van der Waals surface area contributed by atoms with Crippen molar-refractivity contribution in [3.63, 3.8) is 0 Å². The van der Waals surface area contributed by atoms with Gasteiger partial charge in [-0.05, 0) is 33.6 Å². The molecule has 1 rings (SSSR count). The van der Waals surface area contributed by atoms with E-state index in [1.54, 1.807) is 13.8 Å². The smallest absolute Gasteiger partial charge is 0.307 e. The number of nitrogens with two attached hydrogens (primary N) is 1. The van der Waals surface area contributed by atoms with Gasteiger partial charge in [-0.25, -0.2) is 0 Å². The lowest BCUT2D eigenvalue weighted by molar-refractivity contribution is -0.147. The number of esters is 1. The summed E-state index contributed by atoms with van der Waals surface area (Å²) in [5.41, 5.74) is 5.74. The molecular formula is C14H26N2O3. The second-order valence-corrected chi connectivity index (χ2v) is 5.88. The van der Waals surface area contributed by atoms with Gasteiger partial charge in [-0.1, -0.05) is 12.8 Å². The van der Waals surface area contributed by atoms with Crippen LogP contribution in [0.25, 0.3) is 0 Å². The number of ether oxygens (including phenoxy) is 1. The van der Waals surface area contributed by atoms with E-state index in [0.717, 1.165) is 25.7 Å². The van der Waals surface area contributed by atoms with Crippen molar-refractivity contribution in [3.8, 4) is 0 Å². The number of rotatable bonds is 5. The number of nitrogens with one attached hydrogen (secondary N) is 1. The Hall–Kier alpha value is -1.10. The van der Waals surface area contributed by atoms with Crippen molar-refractivity contribution in [2.75, 3.05) is 6.54 Å². The van der Waals surface area contributed by atoms with Crippen LogP contribution < -0.4 is 11.1 Å². The fraction of sp³-hybridized carbons (Fsp3) is 0.857. The molecule has 1 aliphatic rings. The van der Waals surface area contributed by atoms with E-state index in [9.17, 15) is 9.59 Å². The first-order valence-corrected chi connectivity index (χ1v) is 7.09. The second-order valence-electron chi connectivity index (χ2n) is 5.88. The molecule has 1 aliphatic carbocycles. The lowest BCUT2D eigenvalue weighted by atomic mass is 9.74. The molecule has 0 saturated heterocycles. The molecule has 0 bridgehead atoms. The summed E-state index contributed by atoms with van der Waals surface area (Å²) in [6, 6.07) is 0. The van der Waals surface area contributed by atoms with Gasteiger partial charge in [-0.3, -0.25) is 9.59 Å². The lowest BCUT2D eigenvalue weighted by Crippen LogP contribution is -2.53. The molecule has 0 radical (unpaired) electrons. The number of hydrogen-bond donors (Lipinski definition) is 2. The zero-order valence-corrected chi connectivity index (χ0v) is 12.2. The molecule has 110 valence electrons. The van der Waals surface area contributed by atoms with Crippen molar-refractivity contribution in [2.45, 2.75) is 64.5 Å². The molecule has 0 aromatic carbocycles. The summed E-state index contributed by atoms with van der Waals surface area (Å²) in [5.74, 6) is -0.473. The summed E-state index contributed by atoms with van der Waals surface area (Å²) in [5, 5.41) is 2.79. The van der Waals surface area contributed by atoms with Crippen molar-refractivity contribution >= 4 is 11.9 Å². The standard InChI is InChI=1S/C14H26N2O3/c1-10(2)19-12(17)7-9-16-13(18)11-6-4-5-8-14(11,3)15/h10-11H,4-9,15H2,1-3H3,(H,16,18). The Bertz CT molecular complexity index is 327. The summed E-state index contributed by atoms with van der Waals surface area (Å²) in [4.78, 5) is 23.4. The molecular weight excluding hydrogens is 244 g/mol. The molecule has 1 fully saturated rings. The number of hydrogen-bond acceptors (Lipinski definition) is 4. The van der Waals surface area contributed by atoms with E-state index in [2.05, 4.69) is 5.32 Å². The molecule has 2 unspecified atom stereocenters.